The molecule has 212 valence electrons. The normalized spacial score (nSPS) is 14.9. The van der Waals surface area contributed by atoms with Crippen LogP contribution in [0.25, 0.3) is 0 Å². The Morgan fingerprint density at radius 3 is 2.44 bits per heavy atom. The van der Waals surface area contributed by atoms with Crippen LogP contribution in [0.1, 0.15) is 56.0 Å². The summed E-state index contributed by atoms with van der Waals surface area (Å²) in [5, 5.41) is 5.07. The lowest BCUT2D eigenvalue weighted by Gasteiger charge is -2.40. The zero-order valence-electron chi connectivity index (χ0n) is 23.0. The zero-order chi connectivity index (χ0) is 28.6. The number of carbonyl (C=O) groups excluding carboxylic acids is 4. The molecule has 0 aliphatic carbocycles. The van der Waals surface area contributed by atoms with Crippen molar-refractivity contribution in [1.82, 2.24) is 10.2 Å². The minimum absolute atomic E-state index is 0.0128. The van der Waals surface area contributed by atoms with Crippen LogP contribution in [-0.4, -0.2) is 60.5 Å². The van der Waals surface area contributed by atoms with E-state index in [2.05, 4.69) is 5.32 Å². The molecule has 0 unspecified atom stereocenters. The number of halogens is 1. The van der Waals surface area contributed by atoms with Crippen molar-refractivity contribution >= 4 is 46.7 Å². The monoisotopic (exact) mass is 576 g/mol. The molecular weight excluding hydrogens is 540 g/mol. The molecule has 39 heavy (non-hydrogen) atoms. The average molecular weight is 577 g/mol. The third kappa shape index (κ3) is 9.35. The number of piperidine rings is 1. The van der Waals surface area contributed by atoms with Crippen LogP contribution in [-0.2, 0) is 36.7 Å². The smallest absolute Gasteiger partial charge is 0.408 e. The second kappa shape index (κ2) is 13.4. The van der Waals surface area contributed by atoms with Crippen LogP contribution in [0.5, 0.6) is 0 Å². The van der Waals surface area contributed by atoms with Crippen LogP contribution in [0.2, 0.25) is 5.02 Å². The first kappa shape index (κ1) is 30.6. The average Bonchev–Trinajstić information content (AvgIpc) is 3.28. The van der Waals surface area contributed by atoms with Gasteiger partial charge in [0.15, 0.2) is 0 Å². The van der Waals surface area contributed by atoms with Gasteiger partial charge in [-0.2, -0.15) is 0 Å². The highest BCUT2D eigenvalue weighted by atomic mass is 35.5. The highest BCUT2D eigenvalue weighted by Gasteiger charge is 2.43. The second-order valence-electron chi connectivity index (χ2n) is 11.0. The molecule has 0 atom stereocenters. The van der Waals surface area contributed by atoms with Crippen LogP contribution in [0.15, 0.2) is 35.7 Å². The van der Waals surface area contributed by atoms with Crippen LogP contribution < -0.4 is 5.32 Å². The standard InChI is InChI=1S/C29H37ClN2O6S/c1-20-15-22(39-18-20)16-26(35)37-19-29(24(33)10-9-21-7-5-6-8-23(21)30)11-13-32(14-12-29)25(34)17-31-27(36)38-28(2,3)4/h5-8,15,18H,9-14,16-17,19H2,1-4H3,(H,31,36). The van der Waals surface area contributed by atoms with E-state index in [0.29, 0.717) is 37.4 Å². The van der Waals surface area contributed by atoms with Crippen LogP contribution in [0, 0.1) is 12.3 Å². The highest BCUT2D eigenvalue weighted by Crippen LogP contribution is 2.35. The maximum atomic E-state index is 13.6. The molecule has 1 aliphatic heterocycles. The lowest BCUT2D eigenvalue weighted by atomic mass is 9.73. The third-order valence-corrected chi connectivity index (χ3v) is 8.06. The number of ether oxygens (including phenoxy) is 2. The van der Waals surface area contributed by atoms with Gasteiger partial charge >= 0.3 is 12.1 Å². The Morgan fingerprint density at radius 1 is 1.13 bits per heavy atom. The Morgan fingerprint density at radius 2 is 1.82 bits per heavy atom. The van der Waals surface area contributed by atoms with E-state index in [-0.39, 0.29) is 43.7 Å². The maximum absolute atomic E-state index is 13.6. The minimum Gasteiger partial charge on any atom is -0.464 e. The predicted octanol–water partition coefficient (Wildman–Crippen LogP) is 5.13. The number of ketones is 1. The number of hydrogen-bond acceptors (Lipinski definition) is 7. The van der Waals surface area contributed by atoms with Crippen molar-refractivity contribution in [3.8, 4) is 0 Å². The van der Waals surface area contributed by atoms with Crippen molar-refractivity contribution in [3.05, 3.63) is 56.7 Å². The summed E-state index contributed by atoms with van der Waals surface area (Å²) in [7, 11) is 0. The Kier molecular flexibility index (Phi) is 10.6. The first-order valence-corrected chi connectivity index (χ1v) is 14.3. The van der Waals surface area contributed by atoms with E-state index in [9.17, 15) is 19.2 Å². The summed E-state index contributed by atoms with van der Waals surface area (Å²) in [5.41, 5.74) is 0.417. The zero-order valence-corrected chi connectivity index (χ0v) is 24.6. The fourth-order valence-corrected chi connectivity index (χ4v) is 5.56. The topological polar surface area (TPSA) is 102 Å². The molecule has 0 radical (unpaired) electrons. The quantitative estimate of drug-likeness (QED) is 0.393. The minimum atomic E-state index is -0.891. The molecular formula is C29H37ClN2O6S. The molecule has 8 nitrogen and oxygen atoms in total. The number of hydrogen-bond donors (Lipinski definition) is 1. The summed E-state index contributed by atoms with van der Waals surface area (Å²) in [4.78, 5) is 53.4. The van der Waals surface area contributed by atoms with Crippen LogP contribution in [0.4, 0.5) is 4.79 Å². The third-order valence-electron chi connectivity index (χ3n) is 6.64. The number of Topliss-reactive ketones (excluding diaryl/α,β-unsaturated/α-hetero) is 1. The molecule has 1 saturated heterocycles. The van der Waals surface area contributed by atoms with Crippen molar-refractivity contribution in [2.45, 2.75) is 65.4 Å². The van der Waals surface area contributed by atoms with Gasteiger partial charge in [0.25, 0.3) is 0 Å². The number of carbonyl (C=O) groups is 4. The largest absolute Gasteiger partial charge is 0.464 e. The van der Waals surface area contributed by atoms with E-state index in [0.717, 1.165) is 16.0 Å². The number of benzene rings is 1. The van der Waals surface area contributed by atoms with Crippen molar-refractivity contribution in [2.24, 2.45) is 5.41 Å². The summed E-state index contributed by atoms with van der Waals surface area (Å²) >= 11 is 7.79. The Balaban J connectivity index is 1.62. The number of esters is 1. The van der Waals surface area contributed by atoms with Gasteiger partial charge in [0, 0.05) is 29.4 Å². The molecule has 1 aromatic carbocycles. The molecule has 1 aromatic heterocycles. The van der Waals surface area contributed by atoms with E-state index in [1.54, 1.807) is 31.7 Å². The van der Waals surface area contributed by atoms with Gasteiger partial charge < -0.3 is 19.7 Å². The van der Waals surface area contributed by atoms with E-state index >= 15 is 0 Å². The second-order valence-corrected chi connectivity index (χ2v) is 12.4. The molecule has 2 aromatic rings. The van der Waals surface area contributed by atoms with Gasteiger partial charge in [-0.15, -0.1) is 11.3 Å². The SMILES string of the molecule is Cc1csc(CC(=O)OCC2(C(=O)CCc3ccccc3Cl)CCN(C(=O)CNC(=O)OC(C)(C)C)CC2)c1. The van der Waals surface area contributed by atoms with Gasteiger partial charge in [-0.25, -0.2) is 4.79 Å². The van der Waals surface area contributed by atoms with Crippen LogP contribution >= 0.6 is 22.9 Å². The number of thiophene rings is 1. The summed E-state index contributed by atoms with van der Waals surface area (Å²) in [6, 6.07) is 9.36. The van der Waals surface area contributed by atoms with E-state index in [4.69, 9.17) is 21.1 Å². The van der Waals surface area contributed by atoms with E-state index < -0.39 is 17.1 Å². The van der Waals surface area contributed by atoms with Gasteiger partial charge in [0.2, 0.25) is 5.91 Å². The number of aryl methyl sites for hydroxylation is 2. The number of alkyl carbamates (subject to hydrolysis) is 1. The number of nitrogens with one attached hydrogen (secondary N) is 1. The van der Waals surface area contributed by atoms with E-state index in [1.165, 1.54) is 11.3 Å². The molecule has 1 aliphatic rings. The van der Waals surface area contributed by atoms with Crippen molar-refractivity contribution in [1.29, 1.82) is 0 Å². The van der Waals surface area contributed by atoms with Gasteiger partial charge in [-0.3, -0.25) is 14.4 Å². The fourth-order valence-electron chi connectivity index (χ4n) is 4.47. The van der Waals surface area contributed by atoms with Crippen LogP contribution in [0.3, 0.4) is 0 Å². The van der Waals surface area contributed by atoms with Gasteiger partial charge in [0.05, 0.1) is 11.8 Å². The molecule has 0 bridgehead atoms. The van der Waals surface area contributed by atoms with Crippen molar-refractivity contribution < 1.29 is 28.7 Å². The molecule has 3 rings (SSSR count). The van der Waals surface area contributed by atoms with Gasteiger partial charge in [0.1, 0.15) is 24.5 Å². The molecule has 2 heterocycles. The maximum Gasteiger partial charge on any atom is 0.408 e. The molecule has 0 saturated carbocycles. The summed E-state index contributed by atoms with van der Waals surface area (Å²) in [5.74, 6) is -0.653. The number of nitrogens with zero attached hydrogens (tertiary/aromatic N) is 1. The summed E-state index contributed by atoms with van der Waals surface area (Å²) in [6.07, 6.45) is 0.939. The lowest BCUT2D eigenvalue weighted by Crippen LogP contribution is -2.51. The van der Waals surface area contributed by atoms with Crippen molar-refractivity contribution in [3.63, 3.8) is 0 Å². The van der Waals surface area contributed by atoms with E-state index in [1.807, 2.05) is 36.6 Å². The van der Waals surface area contributed by atoms with Gasteiger partial charge in [-0.1, -0.05) is 29.8 Å². The first-order valence-electron chi connectivity index (χ1n) is 13.1. The molecule has 1 fully saturated rings. The van der Waals surface area contributed by atoms with Gasteiger partial charge in [-0.05, 0) is 75.6 Å². The lowest BCUT2D eigenvalue weighted by molar-refractivity contribution is -0.153. The Bertz CT molecular complexity index is 1180. The predicted molar refractivity (Wildman–Crippen MR) is 151 cm³/mol. The highest BCUT2D eigenvalue weighted by molar-refractivity contribution is 7.10. The molecule has 0 spiro atoms. The Labute approximate surface area is 239 Å². The fraction of sp³-hybridized carbons (Fsp3) is 0.517. The number of rotatable bonds is 10. The molecule has 2 amide bonds. The number of likely N-dealkylation sites (tertiary alicyclic amines) is 1. The van der Waals surface area contributed by atoms with Crippen molar-refractivity contribution in [2.75, 3.05) is 26.2 Å². The number of amides is 2. The molecule has 1 N–H and O–H groups in total. The molecule has 10 heteroatoms. The Hall–Kier alpha value is -2.91. The summed E-state index contributed by atoms with van der Waals surface area (Å²) in [6.45, 7) is 7.60. The first-order chi connectivity index (χ1) is 18.4. The summed E-state index contributed by atoms with van der Waals surface area (Å²) < 4.78 is 10.8.